The number of likely N-dealkylation sites (tertiary alicyclic amines) is 1. The number of carbonyl (C=O) groups excluding carboxylic acids is 1. The smallest absolute Gasteiger partial charge is 0.240 e. The minimum Gasteiger partial charge on any atom is -0.497 e. The van der Waals surface area contributed by atoms with Crippen molar-refractivity contribution in [3.63, 3.8) is 0 Å². The monoisotopic (exact) mass is 290 g/mol. The van der Waals surface area contributed by atoms with E-state index >= 15 is 0 Å². The lowest BCUT2D eigenvalue weighted by molar-refractivity contribution is -0.133. The Labute approximate surface area is 127 Å². The van der Waals surface area contributed by atoms with Gasteiger partial charge in [0.25, 0.3) is 0 Å². The molecule has 116 valence electrons. The Morgan fingerprint density at radius 2 is 2.05 bits per heavy atom. The van der Waals surface area contributed by atoms with Crippen molar-refractivity contribution in [3.05, 3.63) is 29.8 Å². The molecule has 0 aromatic heterocycles. The Hall–Kier alpha value is -1.55. The van der Waals surface area contributed by atoms with Gasteiger partial charge in [0, 0.05) is 6.54 Å². The zero-order valence-electron chi connectivity index (χ0n) is 13.2. The Balaban J connectivity index is 2.10. The lowest BCUT2D eigenvalue weighted by Crippen LogP contribution is -2.44. The van der Waals surface area contributed by atoms with E-state index in [9.17, 15) is 4.79 Å². The van der Waals surface area contributed by atoms with Gasteiger partial charge in [-0.2, -0.15) is 0 Å². The minimum absolute atomic E-state index is 0.0852. The molecule has 4 heteroatoms. The molecule has 1 aromatic rings. The van der Waals surface area contributed by atoms with Crippen molar-refractivity contribution in [2.24, 2.45) is 11.7 Å². The van der Waals surface area contributed by atoms with Gasteiger partial charge in [0.2, 0.25) is 5.91 Å². The van der Waals surface area contributed by atoms with E-state index in [0.717, 1.165) is 31.6 Å². The Morgan fingerprint density at radius 1 is 1.38 bits per heavy atom. The van der Waals surface area contributed by atoms with Gasteiger partial charge in [0.05, 0.1) is 19.2 Å². The van der Waals surface area contributed by atoms with E-state index in [1.165, 1.54) is 5.56 Å². The number of benzene rings is 1. The van der Waals surface area contributed by atoms with Gasteiger partial charge in [-0.25, -0.2) is 0 Å². The third-order valence-corrected chi connectivity index (χ3v) is 4.08. The van der Waals surface area contributed by atoms with Gasteiger partial charge < -0.3 is 15.4 Å². The lowest BCUT2D eigenvalue weighted by Gasteiger charge is -2.28. The number of hydrogen-bond donors (Lipinski definition) is 1. The predicted molar refractivity (Wildman–Crippen MR) is 84.1 cm³/mol. The molecule has 1 fully saturated rings. The van der Waals surface area contributed by atoms with Crippen LogP contribution in [0.5, 0.6) is 5.75 Å². The fourth-order valence-corrected chi connectivity index (χ4v) is 3.02. The van der Waals surface area contributed by atoms with Crippen LogP contribution < -0.4 is 10.5 Å². The molecule has 0 aliphatic carbocycles. The summed E-state index contributed by atoms with van der Waals surface area (Å²) in [5.74, 6) is 1.36. The van der Waals surface area contributed by atoms with Crippen LogP contribution in [-0.4, -0.2) is 30.5 Å². The van der Waals surface area contributed by atoms with E-state index in [-0.39, 0.29) is 18.0 Å². The van der Waals surface area contributed by atoms with Crippen molar-refractivity contribution in [3.8, 4) is 5.75 Å². The number of hydrogen-bond acceptors (Lipinski definition) is 3. The molecule has 0 saturated carbocycles. The van der Waals surface area contributed by atoms with Crippen molar-refractivity contribution < 1.29 is 9.53 Å². The van der Waals surface area contributed by atoms with E-state index in [1.54, 1.807) is 7.11 Å². The second kappa shape index (κ2) is 6.94. The topological polar surface area (TPSA) is 55.6 Å². The van der Waals surface area contributed by atoms with Crippen LogP contribution >= 0.6 is 0 Å². The molecule has 1 unspecified atom stereocenters. The Morgan fingerprint density at radius 3 is 2.62 bits per heavy atom. The molecule has 2 atom stereocenters. The third kappa shape index (κ3) is 3.76. The molecule has 1 amide bonds. The summed E-state index contributed by atoms with van der Waals surface area (Å²) in [6, 6.07) is 7.76. The molecule has 4 nitrogen and oxygen atoms in total. The number of nitrogens with two attached hydrogens (primary N) is 1. The fourth-order valence-electron chi connectivity index (χ4n) is 3.02. The van der Waals surface area contributed by atoms with Crippen LogP contribution in [0.15, 0.2) is 24.3 Å². The van der Waals surface area contributed by atoms with Crippen LogP contribution in [0.2, 0.25) is 0 Å². The zero-order chi connectivity index (χ0) is 15.4. The SMILES string of the molecule is COc1ccc(C2CCCN2C(=O)[C@@H](N)CC(C)C)cc1. The van der Waals surface area contributed by atoms with E-state index in [4.69, 9.17) is 10.5 Å². The van der Waals surface area contributed by atoms with Crippen molar-refractivity contribution in [2.45, 2.75) is 45.2 Å². The maximum absolute atomic E-state index is 12.6. The second-order valence-corrected chi connectivity index (χ2v) is 6.20. The van der Waals surface area contributed by atoms with Crippen LogP contribution in [0.25, 0.3) is 0 Å². The summed E-state index contributed by atoms with van der Waals surface area (Å²) in [6.45, 7) is 5.00. The molecule has 1 saturated heterocycles. The molecule has 0 radical (unpaired) electrons. The first-order valence-electron chi connectivity index (χ1n) is 7.73. The minimum atomic E-state index is -0.385. The standard InChI is InChI=1S/C17H26N2O2/c1-12(2)11-15(18)17(20)19-10-4-5-16(19)13-6-8-14(21-3)9-7-13/h6-9,12,15-16H,4-5,10-11,18H2,1-3H3/t15-,16?/m0/s1. The van der Waals surface area contributed by atoms with Gasteiger partial charge in [0.15, 0.2) is 0 Å². The van der Waals surface area contributed by atoms with Crippen molar-refractivity contribution in [1.82, 2.24) is 4.90 Å². The third-order valence-electron chi connectivity index (χ3n) is 4.08. The summed E-state index contributed by atoms with van der Waals surface area (Å²) in [5.41, 5.74) is 7.24. The van der Waals surface area contributed by atoms with Crippen LogP contribution in [-0.2, 0) is 4.79 Å². The van der Waals surface area contributed by atoms with Crippen LogP contribution in [0.4, 0.5) is 0 Å². The summed E-state index contributed by atoms with van der Waals surface area (Å²) in [4.78, 5) is 14.5. The van der Waals surface area contributed by atoms with E-state index in [1.807, 2.05) is 29.2 Å². The first-order valence-corrected chi connectivity index (χ1v) is 7.73. The first kappa shape index (κ1) is 15.8. The number of nitrogens with zero attached hydrogens (tertiary/aromatic N) is 1. The summed E-state index contributed by atoms with van der Waals surface area (Å²) in [6.07, 6.45) is 2.79. The van der Waals surface area contributed by atoms with Crippen LogP contribution in [0.1, 0.15) is 44.7 Å². The molecule has 1 aromatic carbocycles. The number of carbonyl (C=O) groups is 1. The van der Waals surface area contributed by atoms with Gasteiger partial charge >= 0.3 is 0 Å². The molecule has 2 N–H and O–H groups in total. The maximum Gasteiger partial charge on any atom is 0.240 e. The number of methoxy groups -OCH3 is 1. The molecular weight excluding hydrogens is 264 g/mol. The highest BCUT2D eigenvalue weighted by Gasteiger charge is 2.32. The largest absolute Gasteiger partial charge is 0.497 e. The highest BCUT2D eigenvalue weighted by atomic mass is 16.5. The first-order chi connectivity index (χ1) is 10.0. The highest BCUT2D eigenvalue weighted by Crippen LogP contribution is 2.33. The van der Waals surface area contributed by atoms with Gasteiger partial charge in [-0.3, -0.25) is 4.79 Å². The van der Waals surface area contributed by atoms with E-state index in [0.29, 0.717) is 5.92 Å². The van der Waals surface area contributed by atoms with Crippen molar-refractivity contribution in [1.29, 1.82) is 0 Å². The predicted octanol–water partition coefficient (Wildman–Crippen LogP) is 2.73. The van der Waals surface area contributed by atoms with Gasteiger partial charge in [-0.05, 0) is 42.9 Å². The average molecular weight is 290 g/mol. The molecule has 2 rings (SSSR count). The molecule has 0 bridgehead atoms. The molecule has 1 heterocycles. The summed E-state index contributed by atoms with van der Waals surface area (Å²) < 4.78 is 5.19. The summed E-state index contributed by atoms with van der Waals surface area (Å²) in [7, 11) is 1.66. The van der Waals surface area contributed by atoms with Crippen molar-refractivity contribution in [2.75, 3.05) is 13.7 Å². The average Bonchev–Trinajstić information content (AvgIpc) is 2.95. The lowest BCUT2D eigenvalue weighted by atomic mass is 10.0. The zero-order valence-corrected chi connectivity index (χ0v) is 13.2. The van der Waals surface area contributed by atoms with Crippen LogP contribution in [0, 0.1) is 5.92 Å². The number of amides is 1. The Kier molecular flexibility index (Phi) is 5.23. The quantitative estimate of drug-likeness (QED) is 0.907. The molecule has 1 aliphatic rings. The number of ether oxygens (including phenoxy) is 1. The summed E-state index contributed by atoms with van der Waals surface area (Å²) in [5, 5.41) is 0. The normalized spacial score (nSPS) is 19.9. The molecular formula is C17H26N2O2. The maximum atomic E-state index is 12.6. The fraction of sp³-hybridized carbons (Fsp3) is 0.588. The highest BCUT2D eigenvalue weighted by molar-refractivity contribution is 5.82. The van der Waals surface area contributed by atoms with Crippen LogP contribution in [0.3, 0.4) is 0 Å². The molecule has 1 aliphatic heterocycles. The summed E-state index contributed by atoms with van der Waals surface area (Å²) >= 11 is 0. The van der Waals surface area contributed by atoms with Crippen molar-refractivity contribution >= 4 is 5.91 Å². The second-order valence-electron chi connectivity index (χ2n) is 6.20. The van der Waals surface area contributed by atoms with E-state index < -0.39 is 0 Å². The Bertz CT molecular complexity index is 470. The van der Waals surface area contributed by atoms with E-state index in [2.05, 4.69) is 13.8 Å². The van der Waals surface area contributed by atoms with Gasteiger partial charge in [0.1, 0.15) is 5.75 Å². The molecule has 0 spiro atoms. The van der Waals surface area contributed by atoms with Gasteiger partial charge in [-0.15, -0.1) is 0 Å². The molecule has 21 heavy (non-hydrogen) atoms. The number of rotatable bonds is 5. The van der Waals surface area contributed by atoms with Gasteiger partial charge in [-0.1, -0.05) is 26.0 Å².